The maximum absolute atomic E-state index is 12.4. The summed E-state index contributed by atoms with van der Waals surface area (Å²) < 4.78 is 41.0. The van der Waals surface area contributed by atoms with Gasteiger partial charge in [0.1, 0.15) is 5.75 Å². The highest BCUT2D eigenvalue weighted by Gasteiger charge is 2.34. The summed E-state index contributed by atoms with van der Waals surface area (Å²) in [5.41, 5.74) is 2.17. The standard InChI is InChI=1S/C16H16BrF2O3PS/c1-11(13-5-3-2-4-6-13)24-10-12-7-8-15(14(17)9-12)22-23(20,21)16(18)19/h2-9,11,16H,10H2,1H3,(H,20,21). The first kappa shape index (κ1) is 19.4. The maximum Gasteiger partial charge on any atom is 0.442 e. The molecule has 0 aliphatic carbocycles. The lowest BCUT2D eigenvalue weighted by Crippen LogP contribution is -2.01. The average molecular weight is 437 g/mol. The molecule has 0 saturated heterocycles. The van der Waals surface area contributed by atoms with E-state index < -0.39 is 13.8 Å². The van der Waals surface area contributed by atoms with Crippen molar-refractivity contribution in [1.29, 1.82) is 0 Å². The zero-order valence-electron chi connectivity index (χ0n) is 12.7. The van der Waals surface area contributed by atoms with Crippen molar-refractivity contribution in [3.8, 4) is 5.75 Å². The molecule has 0 spiro atoms. The quantitative estimate of drug-likeness (QED) is 0.522. The van der Waals surface area contributed by atoms with Gasteiger partial charge in [-0.05, 0) is 46.1 Å². The van der Waals surface area contributed by atoms with E-state index in [0.717, 1.165) is 5.56 Å². The molecule has 0 amide bonds. The molecule has 8 heteroatoms. The topological polar surface area (TPSA) is 46.5 Å². The summed E-state index contributed by atoms with van der Waals surface area (Å²) in [6.45, 7) is 2.11. The van der Waals surface area contributed by atoms with Crippen LogP contribution in [0, 0.1) is 0 Å². The highest BCUT2D eigenvalue weighted by molar-refractivity contribution is 9.10. The monoisotopic (exact) mass is 436 g/mol. The lowest BCUT2D eigenvalue weighted by Gasteiger charge is -2.15. The molecule has 2 rings (SSSR count). The lowest BCUT2D eigenvalue weighted by molar-refractivity contribution is 0.188. The van der Waals surface area contributed by atoms with E-state index in [2.05, 4.69) is 39.5 Å². The number of halogens is 3. The van der Waals surface area contributed by atoms with Gasteiger partial charge in [0.2, 0.25) is 0 Å². The lowest BCUT2D eigenvalue weighted by atomic mass is 10.2. The summed E-state index contributed by atoms with van der Waals surface area (Å²) in [5, 5.41) is 0.303. The van der Waals surface area contributed by atoms with E-state index in [1.54, 1.807) is 23.9 Å². The van der Waals surface area contributed by atoms with Crippen LogP contribution < -0.4 is 4.52 Å². The second-order valence-corrected chi connectivity index (χ2v) is 8.95. The van der Waals surface area contributed by atoms with Crippen LogP contribution in [0.5, 0.6) is 5.75 Å². The number of thioether (sulfide) groups is 1. The Morgan fingerprint density at radius 1 is 1.25 bits per heavy atom. The summed E-state index contributed by atoms with van der Waals surface area (Å²) in [5.74, 6) is 0.631. The zero-order valence-corrected chi connectivity index (χ0v) is 16.0. The molecule has 0 heterocycles. The Balaban J connectivity index is 2.01. The van der Waals surface area contributed by atoms with Gasteiger partial charge in [0.15, 0.2) is 0 Å². The van der Waals surface area contributed by atoms with Crippen molar-refractivity contribution < 1.29 is 22.8 Å². The van der Waals surface area contributed by atoms with Gasteiger partial charge >= 0.3 is 13.8 Å². The molecule has 24 heavy (non-hydrogen) atoms. The number of benzene rings is 2. The second kappa shape index (κ2) is 8.48. The van der Waals surface area contributed by atoms with Crippen molar-refractivity contribution in [1.82, 2.24) is 0 Å². The van der Waals surface area contributed by atoms with E-state index in [1.807, 2.05) is 18.2 Å². The summed E-state index contributed by atoms with van der Waals surface area (Å²) in [4.78, 5) is 9.10. The first-order valence-electron chi connectivity index (χ1n) is 7.05. The first-order chi connectivity index (χ1) is 11.3. The van der Waals surface area contributed by atoms with Gasteiger partial charge in [0.25, 0.3) is 0 Å². The zero-order chi connectivity index (χ0) is 17.7. The van der Waals surface area contributed by atoms with Gasteiger partial charge < -0.3 is 9.42 Å². The Kier molecular flexibility index (Phi) is 6.87. The maximum atomic E-state index is 12.4. The molecular formula is C16H16BrF2O3PS. The molecule has 0 aromatic heterocycles. The average Bonchev–Trinajstić information content (AvgIpc) is 2.55. The van der Waals surface area contributed by atoms with E-state index in [9.17, 15) is 13.3 Å². The van der Waals surface area contributed by atoms with E-state index >= 15 is 0 Å². The van der Waals surface area contributed by atoms with Crippen LogP contribution in [-0.4, -0.2) is 11.1 Å². The van der Waals surface area contributed by atoms with Crippen LogP contribution in [0.2, 0.25) is 0 Å². The summed E-state index contributed by atoms with van der Waals surface area (Å²) in [6, 6.07) is 14.9. The molecule has 2 aromatic rings. The van der Waals surface area contributed by atoms with Gasteiger partial charge in [-0.3, -0.25) is 0 Å². The Hall–Kier alpha value is -0.880. The molecule has 130 valence electrons. The van der Waals surface area contributed by atoms with Crippen molar-refractivity contribution in [3.63, 3.8) is 0 Å². The highest BCUT2D eigenvalue weighted by Crippen LogP contribution is 2.50. The van der Waals surface area contributed by atoms with E-state index in [4.69, 9.17) is 4.89 Å². The smallest absolute Gasteiger partial charge is 0.420 e. The third-order valence-electron chi connectivity index (χ3n) is 3.24. The predicted molar refractivity (Wildman–Crippen MR) is 96.8 cm³/mol. The van der Waals surface area contributed by atoms with Crippen LogP contribution in [0.3, 0.4) is 0 Å². The van der Waals surface area contributed by atoms with Crippen molar-refractivity contribution in [2.75, 3.05) is 0 Å². The minimum absolute atomic E-state index is 0.0778. The Morgan fingerprint density at radius 2 is 1.92 bits per heavy atom. The highest BCUT2D eigenvalue weighted by atomic mass is 79.9. The number of alkyl halides is 2. The molecule has 3 nitrogen and oxygen atoms in total. The fourth-order valence-electron chi connectivity index (χ4n) is 1.93. The van der Waals surface area contributed by atoms with Crippen LogP contribution >= 0.6 is 35.3 Å². The van der Waals surface area contributed by atoms with Crippen LogP contribution in [0.15, 0.2) is 53.0 Å². The summed E-state index contributed by atoms with van der Waals surface area (Å²) in [7, 11) is -4.97. The van der Waals surface area contributed by atoms with Crippen molar-refractivity contribution >= 4 is 35.3 Å². The minimum atomic E-state index is -4.97. The summed E-state index contributed by atoms with van der Waals surface area (Å²) >= 11 is 4.92. The summed E-state index contributed by atoms with van der Waals surface area (Å²) in [6.07, 6.45) is -3.44. The van der Waals surface area contributed by atoms with Crippen LogP contribution in [-0.2, 0) is 10.3 Å². The Bertz CT molecular complexity index is 731. The first-order valence-corrected chi connectivity index (χ1v) is 10.5. The third kappa shape index (κ3) is 5.31. The van der Waals surface area contributed by atoms with E-state index in [-0.39, 0.29) is 5.75 Å². The fraction of sp³-hybridized carbons (Fsp3) is 0.250. The molecule has 0 saturated carbocycles. The van der Waals surface area contributed by atoms with Gasteiger partial charge in [-0.25, -0.2) is 4.57 Å². The van der Waals surface area contributed by atoms with E-state index in [1.165, 1.54) is 11.6 Å². The molecule has 0 bridgehead atoms. The fourth-order valence-corrected chi connectivity index (χ4v) is 4.05. The third-order valence-corrected chi connectivity index (χ3v) is 6.08. The number of hydrogen-bond acceptors (Lipinski definition) is 3. The van der Waals surface area contributed by atoms with Crippen molar-refractivity contribution in [2.45, 2.75) is 24.1 Å². The minimum Gasteiger partial charge on any atom is -0.420 e. The molecule has 2 unspecified atom stereocenters. The number of hydrogen-bond donors (Lipinski definition) is 1. The molecule has 0 aliphatic rings. The Morgan fingerprint density at radius 3 is 2.50 bits per heavy atom. The van der Waals surface area contributed by atoms with Crippen molar-refractivity contribution in [2.24, 2.45) is 0 Å². The molecule has 0 aliphatic heterocycles. The SMILES string of the molecule is CC(SCc1ccc(OP(=O)(O)C(F)F)c(Br)c1)c1ccccc1. The molecule has 2 atom stereocenters. The molecule has 0 radical (unpaired) electrons. The molecular weight excluding hydrogens is 421 g/mol. The van der Waals surface area contributed by atoms with Gasteiger partial charge in [0.05, 0.1) is 4.47 Å². The number of rotatable bonds is 7. The van der Waals surface area contributed by atoms with Crippen molar-refractivity contribution in [3.05, 3.63) is 64.1 Å². The molecule has 2 aromatic carbocycles. The van der Waals surface area contributed by atoms with Crippen LogP contribution in [0.4, 0.5) is 8.78 Å². The normalized spacial score (nSPS) is 15.1. The van der Waals surface area contributed by atoms with Gasteiger partial charge in [0, 0.05) is 11.0 Å². The molecule has 1 N–H and O–H groups in total. The second-order valence-electron chi connectivity index (χ2n) is 5.06. The predicted octanol–water partition coefficient (Wildman–Crippen LogP) is 6.23. The van der Waals surface area contributed by atoms with Crippen LogP contribution in [0.25, 0.3) is 0 Å². The molecule has 0 fully saturated rings. The van der Waals surface area contributed by atoms with Gasteiger partial charge in [-0.2, -0.15) is 8.78 Å². The Labute approximate surface area is 152 Å². The van der Waals surface area contributed by atoms with Crippen LogP contribution in [0.1, 0.15) is 23.3 Å². The largest absolute Gasteiger partial charge is 0.442 e. The van der Waals surface area contributed by atoms with Gasteiger partial charge in [-0.15, -0.1) is 11.8 Å². The van der Waals surface area contributed by atoms with E-state index in [0.29, 0.717) is 15.5 Å². The van der Waals surface area contributed by atoms with Gasteiger partial charge in [-0.1, -0.05) is 36.4 Å².